The number of hydrogen-bond donors (Lipinski definition) is 2. The molecule has 0 aromatic heterocycles. The fraction of sp³-hybridized carbons (Fsp3) is 1.00. The van der Waals surface area contributed by atoms with Gasteiger partial charge in [-0.2, -0.15) is 0 Å². The average molecular weight is 292 g/mol. The minimum absolute atomic E-state index is 0. The van der Waals surface area contributed by atoms with Crippen molar-refractivity contribution in [2.75, 3.05) is 52.9 Å². The van der Waals surface area contributed by atoms with E-state index < -0.39 is 0 Å². The summed E-state index contributed by atoms with van der Waals surface area (Å²) in [6.07, 6.45) is 3.93. The quantitative estimate of drug-likeness (QED) is 0.339. The van der Waals surface area contributed by atoms with E-state index in [1.54, 1.807) is 0 Å². The molecule has 6 heteroatoms. The van der Waals surface area contributed by atoms with Gasteiger partial charge in [-0.15, -0.1) is 0 Å². The van der Waals surface area contributed by atoms with Crippen molar-refractivity contribution in [1.29, 1.82) is 0 Å². The van der Waals surface area contributed by atoms with E-state index in [-0.39, 0.29) is 51.0 Å². The van der Waals surface area contributed by atoms with E-state index in [0.29, 0.717) is 26.4 Å². The summed E-state index contributed by atoms with van der Waals surface area (Å²) in [5, 5.41) is 16.9. The van der Waals surface area contributed by atoms with Crippen LogP contribution in [0.2, 0.25) is 0 Å². The molecule has 2 N–H and O–H groups in total. The third kappa shape index (κ3) is 19.4. The molecule has 0 saturated heterocycles. The Labute approximate surface area is 140 Å². The standard InChI is InChI=1S/C12H26O5.Ca.2H/c13-5-11-16-9-3-1-7-15-8-2-4-10-17-12-6-14;;;/h13-14H,1-12H2;;;. The molecule has 0 aliphatic rings. The van der Waals surface area contributed by atoms with Gasteiger partial charge < -0.3 is 24.4 Å². The van der Waals surface area contributed by atoms with Crippen molar-refractivity contribution in [3.05, 3.63) is 0 Å². The van der Waals surface area contributed by atoms with Gasteiger partial charge in [0.2, 0.25) is 0 Å². The van der Waals surface area contributed by atoms with Crippen molar-refractivity contribution >= 4 is 37.7 Å². The monoisotopic (exact) mass is 292 g/mol. The molecule has 5 nitrogen and oxygen atoms in total. The van der Waals surface area contributed by atoms with E-state index in [1.165, 1.54) is 0 Å². The summed E-state index contributed by atoms with van der Waals surface area (Å²) < 4.78 is 15.7. The van der Waals surface area contributed by atoms with E-state index in [9.17, 15) is 0 Å². The second-order valence-electron chi connectivity index (χ2n) is 3.70. The van der Waals surface area contributed by atoms with Gasteiger partial charge in [0.15, 0.2) is 0 Å². The molecule has 0 unspecified atom stereocenters. The van der Waals surface area contributed by atoms with Gasteiger partial charge in [-0.05, 0) is 25.7 Å². The van der Waals surface area contributed by atoms with Gasteiger partial charge in [0.05, 0.1) is 26.4 Å². The first-order valence-electron chi connectivity index (χ1n) is 6.36. The van der Waals surface area contributed by atoms with Crippen molar-refractivity contribution in [2.24, 2.45) is 0 Å². The Morgan fingerprint density at radius 2 is 0.778 bits per heavy atom. The fourth-order valence-corrected chi connectivity index (χ4v) is 1.25. The first-order chi connectivity index (χ1) is 8.41. The van der Waals surface area contributed by atoms with Crippen molar-refractivity contribution in [2.45, 2.75) is 25.7 Å². The van der Waals surface area contributed by atoms with Gasteiger partial charge in [-0.3, -0.25) is 0 Å². The molecule has 0 atom stereocenters. The summed E-state index contributed by atoms with van der Waals surface area (Å²) in [6.45, 7) is 3.95. The summed E-state index contributed by atoms with van der Waals surface area (Å²) >= 11 is 0. The van der Waals surface area contributed by atoms with Gasteiger partial charge in [-0.25, -0.2) is 0 Å². The molecule has 0 rings (SSSR count). The van der Waals surface area contributed by atoms with Crippen LogP contribution in [0.25, 0.3) is 0 Å². The number of aliphatic hydroxyl groups is 2. The number of ether oxygens (including phenoxy) is 3. The van der Waals surface area contributed by atoms with Gasteiger partial charge in [0.1, 0.15) is 0 Å². The van der Waals surface area contributed by atoms with Crippen LogP contribution < -0.4 is 0 Å². The molecule has 18 heavy (non-hydrogen) atoms. The third-order valence-electron chi connectivity index (χ3n) is 2.13. The zero-order valence-corrected chi connectivity index (χ0v) is 10.6. The molecule has 0 amide bonds. The normalized spacial score (nSPS) is 10.3. The first kappa shape index (κ1) is 21.4. The van der Waals surface area contributed by atoms with E-state index in [1.807, 2.05) is 0 Å². The van der Waals surface area contributed by atoms with Crippen molar-refractivity contribution < 1.29 is 24.4 Å². The predicted octanol–water partition coefficient (Wildman–Crippen LogP) is -0.335. The van der Waals surface area contributed by atoms with E-state index in [0.717, 1.165) is 38.9 Å². The zero-order chi connectivity index (χ0) is 12.6. The van der Waals surface area contributed by atoms with Gasteiger partial charge in [-0.1, -0.05) is 0 Å². The van der Waals surface area contributed by atoms with Crippen molar-refractivity contribution in [3.63, 3.8) is 0 Å². The van der Waals surface area contributed by atoms with Crippen LogP contribution in [0.3, 0.4) is 0 Å². The maximum atomic E-state index is 8.47. The molecule has 0 aromatic rings. The Kier molecular flexibility index (Phi) is 24.2. The van der Waals surface area contributed by atoms with E-state index in [2.05, 4.69) is 0 Å². The van der Waals surface area contributed by atoms with Crippen LogP contribution in [0, 0.1) is 0 Å². The topological polar surface area (TPSA) is 68.2 Å². The molecule has 108 valence electrons. The molecule has 0 aliphatic heterocycles. The summed E-state index contributed by atoms with van der Waals surface area (Å²) in [7, 11) is 0. The summed E-state index contributed by atoms with van der Waals surface area (Å²) in [6, 6.07) is 0. The van der Waals surface area contributed by atoms with Crippen molar-refractivity contribution in [1.82, 2.24) is 0 Å². The van der Waals surface area contributed by atoms with Crippen LogP contribution in [0.1, 0.15) is 25.7 Å². The molecule has 0 radical (unpaired) electrons. The SMILES string of the molecule is OCCOCCCCOCCCCOCCO.[CaH2]. The number of unbranched alkanes of at least 4 members (excludes halogenated alkanes) is 2. The Bertz CT molecular complexity index is 124. The van der Waals surface area contributed by atoms with Crippen LogP contribution in [-0.2, 0) is 14.2 Å². The Balaban J connectivity index is 0. The Morgan fingerprint density at radius 3 is 1.06 bits per heavy atom. The molecular weight excluding hydrogens is 264 g/mol. The Hall–Kier alpha value is 1.06. The molecule has 0 fully saturated rings. The fourth-order valence-electron chi connectivity index (χ4n) is 1.25. The minimum atomic E-state index is 0. The maximum absolute atomic E-state index is 8.47. The molecular formula is C12H28CaO5. The van der Waals surface area contributed by atoms with Gasteiger partial charge in [0.25, 0.3) is 0 Å². The zero-order valence-electron chi connectivity index (χ0n) is 10.6. The number of aliphatic hydroxyl groups excluding tert-OH is 2. The van der Waals surface area contributed by atoms with Crippen LogP contribution in [0.5, 0.6) is 0 Å². The van der Waals surface area contributed by atoms with Gasteiger partial charge in [0, 0.05) is 26.4 Å². The Morgan fingerprint density at radius 1 is 0.500 bits per heavy atom. The first-order valence-corrected chi connectivity index (χ1v) is 6.36. The van der Waals surface area contributed by atoms with Crippen LogP contribution >= 0.6 is 0 Å². The van der Waals surface area contributed by atoms with E-state index >= 15 is 0 Å². The van der Waals surface area contributed by atoms with Crippen LogP contribution in [0.15, 0.2) is 0 Å². The summed E-state index contributed by atoms with van der Waals surface area (Å²) in [5.74, 6) is 0. The predicted molar refractivity (Wildman–Crippen MR) is 73.6 cm³/mol. The van der Waals surface area contributed by atoms with Crippen molar-refractivity contribution in [3.8, 4) is 0 Å². The third-order valence-corrected chi connectivity index (χ3v) is 2.13. The molecule has 0 saturated carbocycles. The molecule has 0 heterocycles. The average Bonchev–Trinajstić information content (AvgIpc) is 2.35. The molecule has 0 aromatic carbocycles. The summed E-state index contributed by atoms with van der Waals surface area (Å²) in [4.78, 5) is 0. The summed E-state index contributed by atoms with van der Waals surface area (Å²) in [5.41, 5.74) is 0. The van der Waals surface area contributed by atoms with E-state index in [4.69, 9.17) is 24.4 Å². The molecule has 0 spiro atoms. The molecule has 0 bridgehead atoms. The number of rotatable bonds is 14. The van der Waals surface area contributed by atoms with Crippen LogP contribution in [-0.4, -0.2) is 101 Å². The second-order valence-corrected chi connectivity index (χ2v) is 3.70. The second kappa shape index (κ2) is 20.4. The molecule has 0 aliphatic carbocycles. The van der Waals surface area contributed by atoms with Crippen LogP contribution in [0.4, 0.5) is 0 Å². The van der Waals surface area contributed by atoms with Gasteiger partial charge >= 0.3 is 37.7 Å². The number of hydrogen-bond acceptors (Lipinski definition) is 5.